The van der Waals surface area contributed by atoms with Gasteiger partial charge < -0.3 is 9.80 Å². The highest BCUT2D eigenvalue weighted by atomic mass is 35.5. The fourth-order valence-electron chi connectivity index (χ4n) is 3.01. The van der Waals surface area contributed by atoms with E-state index in [0.29, 0.717) is 13.0 Å². The molecule has 5 nitrogen and oxygen atoms in total. The molecule has 0 unspecified atom stereocenters. The van der Waals surface area contributed by atoms with Gasteiger partial charge in [-0.15, -0.1) is 0 Å². The Morgan fingerprint density at radius 1 is 1.00 bits per heavy atom. The highest BCUT2D eigenvalue weighted by Crippen LogP contribution is 2.20. The van der Waals surface area contributed by atoms with Crippen LogP contribution < -0.4 is 9.62 Å². The summed E-state index contributed by atoms with van der Waals surface area (Å²) in [6, 6.07) is 14.8. The van der Waals surface area contributed by atoms with Crippen LogP contribution in [0, 0.1) is 0 Å². The zero-order chi connectivity index (χ0) is 18.6. The minimum atomic E-state index is -3.59. The third-order valence-electron chi connectivity index (χ3n) is 4.64. The highest BCUT2D eigenvalue weighted by molar-refractivity contribution is 7.89. The molecule has 0 aromatic heterocycles. The van der Waals surface area contributed by atoms with Crippen molar-refractivity contribution in [2.75, 3.05) is 44.7 Å². The molecule has 0 radical (unpaired) electrons. The molecule has 2 aromatic rings. The van der Waals surface area contributed by atoms with Crippen molar-refractivity contribution in [1.29, 1.82) is 0 Å². The summed E-state index contributed by atoms with van der Waals surface area (Å²) in [5, 5.41) is 0.233. The largest absolute Gasteiger partial charge is 0.369 e. The molecular weight excluding hydrogens is 370 g/mol. The number of likely N-dealkylation sites (N-methyl/N-ethyl adjacent to an activating group) is 1. The number of benzene rings is 2. The summed E-state index contributed by atoms with van der Waals surface area (Å²) in [4.78, 5) is 4.83. The third-order valence-corrected chi connectivity index (χ3v) is 6.60. The number of hydrogen-bond donors (Lipinski definition) is 1. The van der Waals surface area contributed by atoms with Gasteiger partial charge in [-0.2, -0.15) is 0 Å². The van der Waals surface area contributed by atoms with Crippen molar-refractivity contribution in [3.63, 3.8) is 0 Å². The molecule has 0 spiro atoms. The van der Waals surface area contributed by atoms with E-state index in [4.69, 9.17) is 11.6 Å². The van der Waals surface area contributed by atoms with Crippen molar-refractivity contribution in [2.24, 2.45) is 0 Å². The molecule has 26 heavy (non-hydrogen) atoms. The second-order valence-corrected chi connectivity index (χ2v) is 8.68. The molecule has 2 aromatic carbocycles. The van der Waals surface area contributed by atoms with E-state index in [2.05, 4.69) is 45.8 Å². The molecule has 0 amide bonds. The van der Waals surface area contributed by atoms with E-state index in [-0.39, 0.29) is 9.92 Å². The van der Waals surface area contributed by atoms with Gasteiger partial charge >= 0.3 is 0 Å². The summed E-state index contributed by atoms with van der Waals surface area (Å²) in [6.45, 7) is 4.56. The number of halogens is 1. The van der Waals surface area contributed by atoms with Crippen LogP contribution in [0.25, 0.3) is 0 Å². The van der Waals surface area contributed by atoms with Crippen LogP contribution in [0.4, 0.5) is 5.69 Å². The summed E-state index contributed by atoms with van der Waals surface area (Å²) in [5.74, 6) is 0. The third kappa shape index (κ3) is 4.76. The van der Waals surface area contributed by atoms with Gasteiger partial charge in [0.05, 0.1) is 5.02 Å². The second kappa shape index (κ2) is 8.39. The Morgan fingerprint density at radius 2 is 1.65 bits per heavy atom. The minimum Gasteiger partial charge on any atom is -0.369 e. The molecule has 1 aliphatic heterocycles. The maximum Gasteiger partial charge on any atom is 0.242 e. The average molecular weight is 394 g/mol. The number of nitrogens with one attached hydrogen (secondary N) is 1. The molecular formula is C19H24ClN3O2S. The molecule has 0 bridgehead atoms. The van der Waals surface area contributed by atoms with E-state index in [1.165, 1.54) is 11.8 Å². The lowest BCUT2D eigenvalue weighted by Crippen LogP contribution is -2.44. The van der Waals surface area contributed by atoms with Gasteiger partial charge in [0.1, 0.15) is 4.90 Å². The fraction of sp³-hybridized carbons (Fsp3) is 0.368. The Bertz CT molecular complexity index is 832. The van der Waals surface area contributed by atoms with E-state index in [9.17, 15) is 8.42 Å². The Morgan fingerprint density at radius 3 is 2.31 bits per heavy atom. The average Bonchev–Trinajstić information content (AvgIpc) is 2.63. The molecule has 140 valence electrons. The van der Waals surface area contributed by atoms with Crippen molar-refractivity contribution in [3.8, 4) is 0 Å². The lowest BCUT2D eigenvalue weighted by atomic mass is 10.1. The van der Waals surface area contributed by atoms with Gasteiger partial charge in [0.2, 0.25) is 10.0 Å². The number of anilines is 1. The van der Waals surface area contributed by atoms with Gasteiger partial charge in [0.15, 0.2) is 0 Å². The Balaban J connectivity index is 1.54. The lowest BCUT2D eigenvalue weighted by Gasteiger charge is -2.34. The molecule has 1 saturated heterocycles. The van der Waals surface area contributed by atoms with Gasteiger partial charge in [0.25, 0.3) is 0 Å². The number of piperazine rings is 1. The van der Waals surface area contributed by atoms with Crippen molar-refractivity contribution in [1.82, 2.24) is 9.62 Å². The quantitative estimate of drug-likeness (QED) is 0.819. The summed E-state index contributed by atoms with van der Waals surface area (Å²) < 4.78 is 27.3. The van der Waals surface area contributed by atoms with Crippen LogP contribution in [0.3, 0.4) is 0 Å². The van der Waals surface area contributed by atoms with Crippen LogP contribution >= 0.6 is 11.6 Å². The van der Waals surface area contributed by atoms with Gasteiger partial charge in [-0.25, -0.2) is 13.1 Å². The molecule has 1 fully saturated rings. The molecule has 0 saturated carbocycles. The second-order valence-electron chi connectivity index (χ2n) is 6.53. The number of sulfonamides is 1. The molecule has 1 N–H and O–H groups in total. The van der Waals surface area contributed by atoms with Gasteiger partial charge in [-0.1, -0.05) is 35.9 Å². The first kappa shape index (κ1) is 19.2. The van der Waals surface area contributed by atoms with Crippen LogP contribution in [-0.4, -0.2) is 53.1 Å². The zero-order valence-electron chi connectivity index (χ0n) is 14.9. The fourth-order valence-corrected chi connectivity index (χ4v) is 4.56. The van der Waals surface area contributed by atoms with Crippen LogP contribution in [0.5, 0.6) is 0 Å². The number of nitrogens with zero attached hydrogens (tertiary/aromatic N) is 2. The Kier molecular flexibility index (Phi) is 6.19. The van der Waals surface area contributed by atoms with Crippen LogP contribution in [0.1, 0.15) is 5.56 Å². The maximum absolute atomic E-state index is 12.3. The molecule has 1 heterocycles. The van der Waals surface area contributed by atoms with E-state index < -0.39 is 10.0 Å². The first-order valence-corrected chi connectivity index (χ1v) is 10.6. The summed E-state index contributed by atoms with van der Waals surface area (Å²) in [6.07, 6.45) is 0.632. The Hall–Kier alpha value is -1.60. The standard InChI is InChI=1S/C19H24ClN3O2S/c1-22-12-14-23(15-13-22)17-8-6-16(7-9-17)10-11-21-26(24,25)19-5-3-2-4-18(19)20/h2-9,21H,10-15H2,1H3. The van der Waals surface area contributed by atoms with E-state index in [1.807, 2.05) is 0 Å². The molecule has 0 atom stereocenters. The van der Waals surface area contributed by atoms with Crippen molar-refractivity contribution in [3.05, 3.63) is 59.1 Å². The number of rotatable bonds is 6. The zero-order valence-corrected chi connectivity index (χ0v) is 16.4. The summed E-state index contributed by atoms with van der Waals surface area (Å²) >= 11 is 5.98. The van der Waals surface area contributed by atoms with Gasteiger partial charge in [-0.05, 0) is 43.3 Å². The summed E-state index contributed by atoms with van der Waals surface area (Å²) in [5.41, 5.74) is 2.32. The van der Waals surface area contributed by atoms with Crippen LogP contribution in [0.2, 0.25) is 5.02 Å². The van der Waals surface area contributed by atoms with E-state index >= 15 is 0 Å². The van der Waals surface area contributed by atoms with Crippen molar-refractivity contribution in [2.45, 2.75) is 11.3 Å². The minimum absolute atomic E-state index is 0.118. The lowest BCUT2D eigenvalue weighted by molar-refractivity contribution is 0.313. The van der Waals surface area contributed by atoms with E-state index in [1.54, 1.807) is 18.2 Å². The predicted octanol–water partition coefficient (Wildman–Crippen LogP) is 2.61. The predicted molar refractivity (Wildman–Crippen MR) is 106 cm³/mol. The normalized spacial score (nSPS) is 16.0. The van der Waals surface area contributed by atoms with Crippen LogP contribution in [0.15, 0.2) is 53.4 Å². The first-order chi connectivity index (χ1) is 12.5. The first-order valence-electron chi connectivity index (χ1n) is 8.72. The molecule has 3 rings (SSSR count). The van der Waals surface area contributed by atoms with E-state index in [0.717, 1.165) is 31.7 Å². The molecule has 0 aliphatic carbocycles. The summed E-state index contributed by atoms with van der Waals surface area (Å²) in [7, 11) is -1.44. The molecule has 1 aliphatic rings. The van der Waals surface area contributed by atoms with Gasteiger partial charge in [-0.3, -0.25) is 0 Å². The van der Waals surface area contributed by atoms with Crippen molar-refractivity contribution >= 4 is 27.3 Å². The van der Waals surface area contributed by atoms with Crippen LogP contribution in [-0.2, 0) is 16.4 Å². The van der Waals surface area contributed by atoms with Crippen molar-refractivity contribution < 1.29 is 8.42 Å². The van der Waals surface area contributed by atoms with Gasteiger partial charge in [0, 0.05) is 38.4 Å². The topological polar surface area (TPSA) is 52.6 Å². The smallest absolute Gasteiger partial charge is 0.242 e. The monoisotopic (exact) mass is 393 g/mol. The Labute approximate surface area is 160 Å². The molecule has 7 heteroatoms. The highest BCUT2D eigenvalue weighted by Gasteiger charge is 2.17. The maximum atomic E-state index is 12.3. The SMILES string of the molecule is CN1CCN(c2ccc(CCNS(=O)(=O)c3ccccc3Cl)cc2)CC1. The number of hydrogen-bond acceptors (Lipinski definition) is 4.